The molecule has 0 unspecified atom stereocenters. The van der Waals surface area contributed by atoms with E-state index < -0.39 is 5.97 Å². The Balaban J connectivity index is 1.85. The molecule has 3 aromatic rings. The highest BCUT2D eigenvalue weighted by atomic mass is 16.4. The topological polar surface area (TPSA) is 95.1 Å². The minimum atomic E-state index is -1.07. The number of carbonyl (C=O) groups excluding carboxylic acids is 1. The van der Waals surface area contributed by atoms with Crippen LogP contribution in [-0.4, -0.2) is 27.0 Å². The fourth-order valence-electron chi connectivity index (χ4n) is 2.01. The fourth-order valence-corrected chi connectivity index (χ4v) is 2.01. The zero-order chi connectivity index (χ0) is 14.8. The molecule has 1 amide bonds. The van der Waals surface area contributed by atoms with Gasteiger partial charge in [0.1, 0.15) is 11.5 Å². The van der Waals surface area contributed by atoms with E-state index in [-0.39, 0.29) is 17.3 Å². The van der Waals surface area contributed by atoms with E-state index in [0.717, 1.165) is 10.9 Å². The Hall–Kier alpha value is -3.15. The van der Waals surface area contributed by atoms with Gasteiger partial charge in [0.2, 0.25) is 0 Å². The van der Waals surface area contributed by atoms with Gasteiger partial charge in [0, 0.05) is 17.1 Å². The summed E-state index contributed by atoms with van der Waals surface area (Å²) in [5.41, 5.74) is 1.31. The van der Waals surface area contributed by atoms with Crippen molar-refractivity contribution in [3.05, 3.63) is 59.9 Å². The zero-order valence-corrected chi connectivity index (χ0v) is 10.8. The van der Waals surface area contributed by atoms with E-state index in [1.54, 1.807) is 6.07 Å². The summed E-state index contributed by atoms with van der Waals surface area (Å²) in [6.45, 7) is 0. The molecule has 1 aromatic carbocycles. The lowest BCUT2D eigenvalue weighted by Crippen LogP contribution is -2.13. The number of benzene rings is 1. The average Bonchev–Trinajstić information content (AvgIpc) is 2.91. The van der Waals surface area contributed by atoms with Crippen molar-refractivity contribution < 1.29 is 14.7 Å². The number of nitrogens with one attached hydrogen (secondary N) is 2. The summed E-state index contributed by atoms with van der Waals surface area (Å²) in [7, 11) is 0. The van der Waals surface area contributed by atoms with Crippen LogP contribution in [0.25, 0.3) is 10.9 Å². The maximum Gasteiger partial charge on any atom is 0.335 e. The molecule has 0 bridgehead atoms. The second-order valence-corrected chi connectivity index (χ2v) is 4.46. The van der Waals surface area contributed by atoms with Crippen LogP contribution in [0.2, 0.25) is 0 Å². The van der Waals surface area contributed by atoms with Crippen molar-refractivity contribution >= 4 is 28.6 Å². The molecule has 0 atom stereocenters. The molecule has 0 saturated carbocycles. The standard InChI is InChI=1S/C15H11N3O3/c19-14(12-7-9-3-1-2-4-11(9)17-12)18-13-8-10(15(20)21)5-6-16-13/h1-8,17H,(H,20,21)(H,16,18,19). The SMILES string of the molecule is O=C(O)c1ccnc(NC(=O)c2cc3ccccc3[nH]2)c1. The monoisotopic (exact) mass is 281 g/mol. The van der Waals surface area contributed by atoms with Crippen molar-refractivity contribution in [2.75, 3.05) is 5.32 Å². The first kappa shape index (κ1) is 12.9. The van der Waals surface area contributed by atoms with Gasteiger partial charge in [0.15, 0.2) is 0 Å². The Morgan fingerprint density at radius 2 is 1.95 bits per heavy atom. The highest BCUT2D eigenvalue weighted by molar-refractivity contribution is 6.05. The van der Waals surface area contributed by atoms with Crippen LogP contribution in [0.4, 0.5) is 5.82 Å². The van der Waals surface area contributed by atoms with Crippen LogP contribution in [-0.2, 0) is 0 Å². The largest absolute Gasteiger partial charge is 0.478 e. The number of hydrogen-bond acceptors (Lipinski definition) is 3. The number of carboxylic acids is 1. The van der Waals surface area contributed by atoms with Crippen LogP contribution in [0.1, 0.15) is 20.8 Å². The second kappa shape index (κ2) is 5.09. The van der Waals surface area contributed by atoms with Crippen LogP contribution in [0.15, 0.2) is 48.7 Å². The molecule has 3 N–H and O–H groups in total. The molecule has 0 aliphatic rings. The number of carboxylic acid groups (broad SMARTS) is 1. The van der Waals surface area contributed by atoms with Gasteiger partial charge in [-0.25, -0.2) is 9.78 Å². The molecule has 6 heteroatoms. The van der Waals surface area contributed by atoms with E-state index in [9.17, 15) is 9.59 Å². The summed E-state index contributed by atoms with van der Waals surface area (Å²) in [5, 5.41) is 12.4. The maximum absolute atomic E-state index is 12.1. The number of anilines is 1. The van der Waals surface area contributed by atoms with E-state index >= 15 is 0 Å². The number of fused-ring (bicyclic) bond motifs is 1. The molecular formula is C15H11N3O3. The molecule has 3 rings (SSSR count). The first-order valence-electron chi connectivity index (χ1n) is 6.22. The number of aromatic amines is 1. The summed E-state index contributed by atoms with van der Waals surface area (Å²) < 4.78 is 0. The molecular weight excluding hydrogens is 270 g/mol. The molecule has 0 aliphatic heterocycles. The minimum absolute atomic E-state index is 0.0666. The predicted octanol–water partition coefficient (Wildman–Crippen LogP) is 2.51. The number of para-hydroxylation sites is 1. The third-order valence-corrected chi connectivity index (χ3v) is 3.02. The van der Waals surface area contributed by atoms with Gasteiger partial charge in [0.05, 0.1) is 5.56 Å². The number of rotatable bonds is 3. The Bertz CT molecular complexity index is 806. The summed E-state index contributed by atoms with van der Waals surface area (Å²) in [6.07, 6.45) is 1.34. The Labute approximate surface area is 119 Å². The van der Waals surface area contributed by atoms with Crippen molar-refractivity contribution in [2.24, 2.45) is 0 Å². The molecule has 0 fully saturated rings. The van der Waals surface area contributed by atoms with Crippen LogP contribution in [0.5, 0.6) is 0 Å². The average molecular weight is 281 g/mol. The molecule has 6 nitrogen and oxygen atoms in total. The van der Waals surface area contributed by atoms with Crippen LogP contribution in [0.3, 0.4) is 0 Å². The van der Waals surface area contributed by atoms with Crippen LogP contribution in [0, 0.1) is 0 Å². The van der Waals surface area contributed by atoms with Crippen molar-refractivity contribution in [1.82, 2.24) is 9.97 Å². The number of carbonyl (C=O) groups is 2. The van der Waals surface area contributed by atoms with E-state index in [1.807, 2.05) is 24.3 Å². The van der Waals surface area contributed by atoms with E-state index in [1.165, 1.54) is 18.3 Å². The van der Waals surface area contributed by atoms with Crippen molar-refractivity contribution in [1.29, 1.82) is 0 Å². The lowest BCUT2D eigenvalue weighted by Gasteiger charge is -2.03. The quantitative estimate of drug-likeness (QED) is 0.687. The van der Waals surface area contributed by atoms with Gasteiger partial charge in [-0.15, -0.1) is 0 Å². The van der Waals surface area contributed by atoms with Crippen LogP contribution >= 0.6 is 0 Å². The molecule has 0 saturated heterocycles. The van der Waals surface area contributed by atoms with Gasteiger partial charge < -0.3 is 15.4 Å². The molecule has 0 radical (unpaired) electrons. The van der Waals surface area contributed by atoms with Gasteiger partial charge in [-0.05, 0) is 24.3 Å². The third kappa shape index (κ3) is 2.59. The number of pyridine rings is 1. The molecule has 2 heterocycles. The highest BCUT2D eigenvalue weighted by Crippen LogP contribution is 2.16. The van der Waals surface area contributed by atoms with Gasteiger partial charge in [-0.2, -0.15) is 0 Å². The van der Waals surface area contributed by atoms with E-state index in [2.05, 4.69) is 15.3 Å². The molecule has 0 spiro atoms. The van der Waals surface area contributed by atoms with Gasteiger partial charge in [-0.3, -0.25) is 4.79 Å². The first-order valence-corrected chi connectivity index (χ1v) is 6.22. The zero-order valence-electron chi connectivity index (χ0n) is 10.8. The van der Waals surface area contributed by atoms with E-state index in [4.69, 9.17) is 5.11 Å². The number of nitrogens with zero attached hydrogens (tertiary/aromatic N) is 1. The second-order valence-electron chi connectivity index (χ2n) is 4.46. The maximum atomic E-state index is 12.1. The predicted molar refractivity (Wildman–Crippen MR) is 77.4 cm³/mol. The summed E-state index contributed by atoms with van der Waals surface area (Å²) in [5.74, 6) is -1.25. The Morgan fingerprint density at radius 3 is 2.71 bits per heavy atom. The molecule has 21 heavy (non-hydrogen) atoms. The third-order valence-electron chi connectivity index (χ3n) is 3.02. The van der Waals surface area contributed by atoms with Gasteiger partial charge >= 0.3 is 5.97 Å². The Kier molecular flexibility index (Phi) is 3.12. The molecule has 2 aromatic heterocycles. The lowest BCUT2D eigenvalue weighted by atomic mass is 10.2. The van der Waals surface area contributed by atoms with Gasteiger partial charge in [-0.1, -0.05) is 18.2 Å². The summed E-state index contributed by atoms with van der Waals surface area (Å²) >= 11 is 0. The fraction of sp³-hybridized carbons (Fsp3) is 0. The lowest BCUT2D eigenvalue weighted by molar-refractivity contribution is 0.0696. The number of amides is 1. The van der Waals surface area contributed by atoms with Crippen molar-refractivity contribution in [2.45, 2.75) is 0 Å². The molecule has 104 valence electrons. The first-order chi connectivity index (χ1) is 10.1. The number of aromatic carboxylic acids is 1. The minimum Gasteiger partial charge on any atom is -0.478 e. The van der Waals surface area contributed by atoms with Crippen molar-refractivity contribution in [3.8, 4) is 0 Å². The number of hydrogen-bond donors (Lipinski definition) is 3. The number of aromatic nitrogens is 2. The van der Waals surface area contributed by atoms with Crippen LogP contribution < -0.4 is 5.32 Å². The van der Waals surface area contributed by atoms with E-state index in [0.29, 0.717) is 5.69 Å². The normalized spacial score (nSPS) is 10.5. The summed E-state index contributed by atoms with van der Waals surface area (Å²) in [6, 6.07) is 11.9. The van der Waals surface area contributed by atoms with Gasteiger partial charge in [0.25, 0.3) is 5.91 Å². The highest BCUT2D eigenvalue weighted by Gasteiger charge is 2.11. The number of H-pyrrole nitrogens is 1. The Morgan fingerprint density at radius 1 is 1.14 bits per heavy atom. The van der Waals surface area contributed by atoms with Crippen molar-refractivity contribution in [3.63, 3.8) is 0 Å². The summed E-state index contributed by atoms with van der Waals surface area (Å²) in [4.78, 5) is 29.9. The molecule has 0 aliphatic carbocycles. The smallest absolute Gasteiger partial charge is 0.335 e.